The average molecular weight is 366 g/mol. The van der Waals surface area contributed by atoms with Crippen molar-refractivity contribution in [2.75, 3.05) is 29.9 Å². The summed E-state index contributed by atoms with van der Waals surface area (Å²) in [5.41, 5.74) is -0.316. The van der Waals surface area contributed by atoms with E-state index in [1.165, 1.54) is 6.33 Å². The van der Waals surface area contributed by atoms with Crippen LogP contribution in [0.3, 0.4) is 0 Å². The fourth-order valence-electron chi connectivity index (χ4n) is 4.03. The monoisotopic (exact) mass is 366 g/mol. The molecule has 146 valence electrons. The van der Waals surface area contributed by atoms with E-state index in [9.17, 15) is 15.2 Å². The first-order chi connectivity index (χ1) is 12.1. The first kappa shape index (κ1) is 20.3. The van der Waals surface area contributed by atoms with Gasteiger partial charge in [0.15, 0.2) is 0 Å². The van der Waals surface area contributed by atoms with Crippen molar-refractivity contribution in [1.29, 1.82) is 0 Å². The molecule has 0 bridgehead atoms. The summed E-state index contributed by atoms with van der Waals surface area (Å²) in [4.78, 5) is 21.2. The molecule has 0 unspecified atom stereocenters. The largest absolute Gasteiger partial charge is 0.395 e. The van der Waals surface area contributed by atoms with Gasteiger partial charge in [-0.1, -0.05) is 0 Å². The highest BCUT2D eigenvalue weighted by atomic mass is 16.6. The van der Waals surface area contributed by atoms with Crippen LogP contribution in [-0.2, 0) is 0 Å². The second kappa shape index (κ2) is 7.71. The van der Waals surface area contributed by atoms with E-state index in [-0.39, 0.29) is 47.6 Å². The van der Waals surface area contributed by atoms with Crippen LogP contribution in [0, 0.1) is 10.1 Å². The smallest absolute Gasteiger partial charge is 0.353 e. The molecule has 0 saturated carbocycles. The molecule has 1 saturated heterocycles. The van der Waals surface area contributed by atoms with Crippen molar-refractivity contribution in [2.45, 2.75) is 64.6 Å². The third-order valence-corrected chi connectivity index (χ3v) is 4.57. The van der Waals surface area contributed by atoms with Crippen LogP contribution in [0.5, 0.6) is 0 Å². The average Bonchev–Trinajstić information content (AvgIpc) is 2.49. The Morgan fingerprint density at radius 2 is 1.96 bits per heavy atom. The van der Waals surface area contributed by atoms with Gasteiger partial charge in [-0.2, -0.15) is 0 Å². The Labute approximate surface area is 154 Å². The minimum atomic E-state index is -0.449. The summed E-state index contributed by atoms with van der Waals surface area (Å²) in [5.74, 6) is 0.464. The molecular formula is C17H30N6O3. The molecule has 3 N–H and O–H groups in total. The molecule has 26 heavy (non-hydrogen) atoms. The molecule has 0 amide bonds. The van der Waals surface area contributed by atoms with Gasteiger partial charge in [0.1, 0.15) is 6.33 Å². The first-order valence-corrected chi connectivity index (χ1v) is 8.99. The number of likely N-dealkylation sites (N-methyl/N-ethyl adjacent to an activating group) is 1. The van der Waals surface area contributed by atoms with E-state index >= 15 is 0 Å². The standard InChI is InChI=1S/C17H30N6O3/c1-6-22(7-8-24)15-13(23(25)26)14(18-11-19-15)20-12-9-16(2,3)21-17(4,5)10-12/h11-12,21,24H,6-10H2,1-5H3,(H,18,19,20). The fraction of sp³-hybridized carbons (Fsp3) is 0.765. The molecule has 0 aliphatic carbocycles. The van der Waals surface area contributed by atoms with Crippen molar-refractivity contribution >= 4 is 17.3 Å². The van der Waals surface area contributed by atoms with Gasteiger partial charge in [0.2, 0.25) is 11.6 Å². The molecule has 2 rings (SSSR count). The minimum Gasteiger partial charge on any atom is -0.395 e. The molecule has 2 heterocycles. The van der Waals surface area contributed by atoms with E-state index in [1.54, 1.807) is 4.90 Å². The second-order valence-electron chi connectivity index (χ2n) is 8.10. The van der Waals surface area contributed by atoms with Gasteiger partial charge in [0.05, 0.1) is 11.5 Å². The number of piperidine rings is 1. The number of aromatic nitrogens is 2. The highest BCUT2D eigenvalue weighted by Gasteiger charge is 2.39. The van der Waals surface area contributed by atoms with Gasteiger partial charge in [-0.15, -0.1) is 0 Å². The van der Waals surface area contributed by atoms with Crippen molar-refractivity contribution in [1.82, 2.24) is 15.3 Å². The molecule has 0 aromatic carbocycles. The van der Waals surface area contributed by atoms with Crippen molar-refractivity contribution in [3.63, 3.8) is 0 Å². The van der Waals surface area contributed by atoms with E-state index in [0.29, 0.717) is 6.54 Å². The Balaban J connectivity index is 2.36. The summed E-state index contributed by atoms with van der Waals surface area (Å²) < 4.78 is 0. The third-order valence-electron chi connectivity index (χ3n) is 4.57. The van der Waals surface area contributed by atoms with Gasteiger partial charge in [-0.05, 0) is 47.5 Å². The molecule has 0 atom stereocenters. The lowest BCUT2D eigenvalue weighted by atomic mass is 9.79. The lowest BCUT2D eigenvalue weighted by molar-refractivity contribution is -0.383. The topological polar surface area (TPSA) is 116 Å². The minimum absolute atomic E-state index is 0.0515. The van der Waals surface area contributed by atoms with Crippen molar-refractivity contribution in [3.05, 3.63) is 16.4 Å². The summed E-state index contributed by atoms with van der Waals surface area (Å²) in [6.07, 6.45) is 2.98. The van der Waals surface area contributed by atoms with Gasteiger partial charge in [-0.25, -0.2) is 9.97 Å². The van der Waals surface area contributed by atoms with E-state index in [4.69, 9.17) is 0 Å². The van der Waals surface area contributed by atoms with Gasteiger partial charge in [0, 0.05) is 30.2 Å². The quantitative estimate of drug-likeness (QED) is 0.495. The maximum atomic E-state index is 11.7. The molecule has 1 aromatic heterocycles. The Bertz CT molecular complexity index is 633. The van der Waals surface area contributed by atoms with E-state index in [0.717, 1.165) is 12.8 Å². The highest BCUT2D eigenvalue weighted by molar-refractivity contribution is 5.70. The number of nitrogens with one attached hydrogen (secondary N) is 2. The van der Waals surface area contributed by atoms with Crippen LogP contribution >= 0.6 is 0 Å². The van der Waals surface area contributed by atoms with E-state index in [2.05, 4.69) is 48.3 Å². The Morgan fingerprint density at radius 3 is 2.46 bits per heavy atom. The van der Waals surface area contributed by atoms with E-state index in [1.807, 2.05) is 6.92 Å². The number of hydrogen-bond donors (Lipinski definition) is 3. The normalized spacial score (nSPS) is 19.2. The maximum Gasteiger partial charge on any atom is 0.353 e. The van der Waals surface area contributed by atoms with Crippen LogP contribution in [-0.4, -0.2) is 56.8 Å². The zero-order chi connectivity index (χ0) is 19.5. The van der Waals surface area contributed by atoms with Crippen LogP contribution in [0.4, 0.5) is 17.3 Å². The number of anilines is 2. The first-order valence-electron chi connectivity index (χ1n) is 8.99. The second-order valence-corrected chi connectivity index (χ2v) is 8.10. The van der Waals surface area contributed by atoms with Crippen LogP contribution in [0.15, 0.2) is 6.33 Å². The van der Waals surface area contributed by atoms with Crippen LogP contribution < -0.4 is 15.5 Å². The lowest BCUT2D eigenvalue weighted by Gasteiger charge is -2.46. The van der Waals surface area contributed by atoms with Crippen molar-refractivity contribution in [3.8, 4) is 0 Å². The summed E-state index contributed by atoms with van der Waals surface area (Å²) in [6.45, 7) is 11.1. The summed E-state index contributed by atoms with van der Waals surface area (Å²) >= 11 is 0. The molecule has 0 radical (unpaired) electrons. The van der Waals surface area contributed by atoms with Crippen LogP contribution in [0.25, 0.3) is 0 Å². The molecule has 1 aliphatic rings. The van der Waals surface area contributed by atoms with Gasteiger partial charge >= 0.3 is 5.69 Å². The fourth-order valence-corrected chi connectivity index (χ4v) is 4.03. The summed E-state index contributed by atoms with van der Waals surface area (Å²) in [6, 6.07) is 0.0515. The van der Waals surface area contributed by atoms with Crippen LogP contribution in [0.1, 0.15) is 47.5 Å². The molecule has 9 nitrogen and oxygen atoms in total. The SMILES string of the molecule is CCN(CCO)c1ncnc(NC2CC(C)(C)NC(C)(C)C2)c1[N+](=O)[O-]. The zero-order valence-corrected chi connectivity index (χ0v) is 16.2. The number of nitro groups is 1. The molecule has 1 fully saturated rings. The Hall–Kier alpha value is -2.00. The highest BCUT2D eigenvalue weighted by Crippen LogP contribution is 2.35. The number of rotatable bonds is 7. The summed E-state index contributed by atoms with van der Waals surface area (Å²) in [5, 5.41) is 27.9. The summed E-state index contributed by atoms with van der Waals surface area (Å²) in [7, 11) is 0. The predicted octanol–water partition coefficient (Wildman–Crippen LogP) is 1.92. The number of aliphatic hydroxyl groups excluding tert-OH is 1. The molecule has 9 heteroatoms. The molecule has 1 aliphatic heterocycles. The van der Waals surface area contributed by atoms with Crippen molar-refractivity contribution in [2.24, 2.45) is 0 Å². The number of aliphatic hydroxyl groups is 1. The van der Waals surface area contributed by atoms with Gasteiger partial charge in [-0.3, -0.25) is 10.1 Å². The molecule has 0 spiro atoms. The van der Waals surface area contributed by atoms with Gasteiger partial charge in [0.25, 0.3) is 0 Å². The number of nitrogens with zero attached hydrogens (tertiary/aromatic N) is 4. The number of hydrogen-bond acceptors (Lipinski definition) is 8. The Kier molecular flexibility index (Phi) is 6.02. The van der Waals surface area contributed by atoms with Gasteiger partial charge < -0.3 is 20.6 Å². The predicted molar refractivity (Wildman–Crippen MR) is 102 cm³/mol. The molecular weight excluding hydrogens is 336 g/mol. The zero-order valence-electron chi connectivity index (χ0n) is 16.2. The lowest BCUT2D eigenvalue weighted by Crippen LogP contribution is -2.60. The molecule has 1 aromatic rings. The third kappa shape index (κ3) is 4.79. The van der Waals surface area contributed by atoms with Crippen molar-refractivity contribution < 1.29 is 10.0 Å². The van der Waals surface area contributed by atoms with E-state index < -0.39 is 4.92 Å². The maximum absolute atomic E-state index is 11.7. The Morgan fingerprint density at radius 1 is 1.35 bits per heavy atom. The van der Waals surface area contributed by atoms with Crippen LogP contribution in [0.2, 0.25) is 0 Å².